The fourth-order valence-corrected chi connectivity index (χ4v) is 1.91. The molecule has 0 aliphatic rings. The van der Waals surface area contributed by atoms with Crippen molar-refractivity contribution in [2.75, 3.05) is 13.1 Å². The monoisotopic (exact) mass is 275 g/mol. The van der Waals surface area contributed by atoms with E-state index >= 15 is 0 Å². The van der Waals surface area contributed by atoms with E-state index in [0.717, 1.165) is 15.8 Å². The highest BCUT2D eigenvalue weighted by Gasteiger charge is 2.20. The number of amides is 2. The Kier molecular flexibility index (Phi) is 3.69. The fraction of sp³-hybridized carbons (Fsp3) is 0.154. The molecule has 0 spiro atoms. The van der Waals surface area contributed by atoms with Gasteiger partial charge < -0.3 is 20.7 Å². The summed E-state index contributed by atoms with van der Waals surface area (Å²) < 4.78 is 0. The minimum absolute atomic E-state index is 0.294. The molecular weight excluding hydrogens is 262 g/mol. The molecule has 2 rings (SSSR count). The number of hydrogen-bond donors (Lipinski definition) is 3. The van der Waals surface area contributed by atoms with Crippen molar-refractivity contribution in [3.63, 3.8) is 0 Å². The van der Waals surface area contributed by atoms with Crippen LogP contribution in [-0.4, -0.2) is 45.9 Å². The molecule has 7 nitrogen and oxygen atoms in total. The summed E-state index contributed by atoms with van der Waals surface area (Å²) in [5.41, 5.74) is 6.08. The van der Waals surface area contributed by atoms with Gasteiger partial charge in [-0.1, -0.05) is 6.07 Å². The highest BCUT2D eigenvalue weighted by Crippen LogP contribution is 2.15. The number of rotatable bonds is 5. The summed E-state index contributed by atoms with van der Waals surface area (Å²) in [5, 5.41) is 9.71. The lowest BCUT2D eigenvalue weighted by atomic mass is 10.1. The summed E-state index contributed by atoms with van der Waals surface area (Å²) in [6.45, 7) is -1.02. The molecule has 0 fully saturated rings. The van der Waals surface area contributed by atoms with Crippen molar-refractivity contribution in [3.8, 4) is 0 Å². The number of primary amides is 1. The molecule has 0 bridgehead atoms. The lowest BCUT2D eigenvalue weighted by Crippen LogP contribution is -2.41. The van der Waals surface area contributed by atoms with Gasteiger partial charge in [-0.15, -0.1) is 0 Å². The number of carboxylic acid groups (broad SMARTS) is 1. The Morgan fingerprint density at radius 3 is 2.60 bits per heavy atom. The molecule has 0 unspecified atom stereocenters. The molecule has 1 aromatic carbocycles. The number of H-pyrrole nitrogens is 1. The topological polar surface area (TPSA) is 116 Å². The fourth-order valence-electron chi connectivity index (χ4n) is 1.91. The van der Waals surface area contributed by atoms with Crippen LogP contribution >= 0.6 is 0 Å². The molecule has 0 aliphatic carbocycles. The zero-order valence-electron chi connectivity index (χ0n) is 10.5. The Hall–Kier alpha value is -2.83. The predicted molar refractivity (Wildman–Crippen MR) is 71.0 cm³/mol. The van der Waals surface area contributed by atoms with E-state index in [1.165, 1.54) is 0 Å². The molecule has 1 heterocycles. The summed E-state index contributed by atoms with van der Waals surface area (Å²) in [6.07, 6.45) is 1.73. The Bertz CT molecular complexity index is 661. The number of fused-ring (bicyclic) bond motifs is 1. The molecule has 0 atom stereocenters. The highest BCUT2D eigenvalue weighted by atomic mass is 16.4. The van der Waals surface area contributed by atoms with Crippen molar-refractivity contribution < 1.29 is 19.5 Å². The van der Waals surface area contributed by atoms with Gasteiger partial charge >= 0.3 is 5.97 Å². The standard InChI is InChI=1S/C13H13N3O4/c14-11(17)6-16(7-12(18)19)13(20)9-2-1-8-3-4-15-10(8)5-9/h1-5,15H,6-7H2,(H2,14,17)(H,18,19). The van der Waals surface area contributed by atoms with E-state index in [9.17, 15) is 14.4 Å². The van der Waals surface area contributed by atoms with E-state index in [2.05, 4.69) is 4.98 Å². The molecule has 0 radical (unpaired) electrons. The number of aromatic amines is 1. The normalized spacial score (nSPS) is 10.4. The molecule has 2 aromatic rings. The van der Waals surface area contributed by atoms with Gasteiger partial charge in [-0.25, -0.2) is 0 Å². The van der Waals surface area contributed by atoms with Gasteiger partial charge in [-0.3, -0.25) is 14.4 Å². The first-order valence-electron chi connectivity index (χ1n) is 5.84. The molecule has 1 aromatic heterocycles. The number of carbonyl (C=O) groups excluding carboxylic acids is 2. The summed E-state index contributed by atoms with van der Waals surface area (Å²) in [5.74, 6) is -2.52. The molecule has 4 N–H and O–H groups in total. The minimum Gasteiger partial charge on any atom is -0.480 e. The number of benzene rings is 1. The number of hydrogen-bond acceptors (Lipinski definition) is 3. The van der Waals surface area contributed by atoms with Crippen LogP contribution in [0.5, 0.6) is 0 Å². The van der Waals surface area contributed by atoms with Crippen molar-refractivity contribution in [2.45, 2.75) is 0 Å². The third kappa shape index (κ3) is 2.94. The molecule has 0 aliphatic heterocycles. The third-order valence-electron chi connectivity index (χ3n) is 2.76. The number of carbonyl (C=O) groups is 3. The SMILES string of the molecule is NC(=O)CN(CC(=O)O)C(=O)c1ccc2cc[nH]c2c1. The van der Waals surface area contributed by atoms with Crippen molar-refractivity contribution in [1.82, 2.24) is 9.88 Å². The van der Waals surface area contributed by atoms with Gasteiger partial charge in [0.2, 0.25) is 5.91 Å². The van der Waals surface area contributed by atoms with E-state index in [0.29, 0.717) is 5.56 Å². The van der Waals surface area contributed by atoms with Gasteiger partial charge in [-0.2, -0.15) is 0 Å². The first-order chi connectivity index (χ1) is 9.47. The van der Waals surface area contributed by atoms with Gasteiger partial charge in [-0.05, 0) is 23.6 Å². The lowest BCUT2D eigenvalue weighted by Gasteiger charge is -2.18. The molecule has 104 valence electrons. The van der Waals surface area contributed by atoms with E-state index in [-0.39, 0.29) is 0 Å². The van der Waals surface area contributed by atoms with Crippen LogP contribution in [0, 0.1) is 0 Å². The summed E-state index contributed by atoms with van der Waals surface area (Å²) in [7, 11) is 0. The minimum atomic E-state index is -1.21. The van der Waals surface area contributed by atoms with E-state index in [1.54, 1.807) is 24.4 Å². The lowest BCUT2D eigenvalue weighted by molar-refractivity contribution is -0.138. The third-order valence-corrected chi connectivity index (χ3v) is 2.76. The molecule has 0 saturated carbocycles. The average molecular weight is 275 g/mol. The second-order valence-corrected chi connectivity index (χ2v) is 4.30. The average Bonchev–Trinajstić information content (AvgIpc) is 2.83. The number of aromatic nitrogens is 1. The first kappa shape index (κ1) is 13.6. The van der Waals surface area contributed by atoms with Gasteiger partial charge in [0.05, 0.1) is 0 Å². The Labute approximate surface area is 114 Å². The van der Waals surface area contributed by atoms with Gasteiger partial charge in [0.1, 0.15) is 13.1 Å². The Balaban J connectivity index is 2.29. The van der Waals surface area contributed by atoms with Crippen molar-refractivity contribution >= 4 is 28.7 Å². The van der Waals surface area contributed by atoms with Gasteiger partial charge in [0.15, 0.2) is 0 Å². The number of nitrogens with zero attached hydrogens (tertiary/aromatic N) is 1. The summed E-state index contributed by atoms with van der Waals surface area (Å²) >= 11 is 0. The van der Waals surface area contributed by atoms with Crippen LogP contribution in [0.25, 0.3) is 10.9 Å². The maximum atomic E-state index is 12.2. The van der Waals surface area contributed by atoms with E-state index in [4.69, 9.17) is 10.8 Å². The first-order valence-corrected chi connectivity index (χ1v) is 5.84. The van der Waals surface area contributed by atoms with Crippen LogP contribution in [0.1, 0.15) is 10.4 Å². The molecule has 2 amide bonds. The summed E-state index contributed by atoms with van der Waals surface area (Å²) in [6, 6.07) is 6.77. The number of carboxylic acids is 1. The maximum absolute atomic E-state index is 12.2. The zero-order valence-corrected chi connectivity index (χ0v) is 10.5. The molecule has 20 heavy (non-hydrogen) atoms. The molecule has 7 heteroatoms. The Morgan fingerprint density at radius 1 is 1.20 bits per heavy atom. The predicted octanol–water partition coefficient (Wildman–Crippen LogP) is 0.180. The summed E-state index contributed by atoms with van der Waals surface area (Å²) in [4.78, 5) is 37.7. The van der Waals surface area contributed by atoms with Crippen molar-refractivity contribution in [2.24, 2.45) is 5.73 Å². The van der Waals surface area contributed by atoms with Gasteiger partial charge in [0, 0.05) is 17.3 Å². The van der Waals surface area contributed by atoms with Crippen LogP contribution in [0.15, 0.2) is 30.5 Å². The number of nitrogens with one attached hydrogen (secondary N) is 1. The molecule has 0 saturated heterocycles. The van der Waals surface area contributed by atoms with Crippen molar-refractivity contribution in [3.05, 3.63) is 36.0 Å². The second kappa shape index (κ2) is 5.43. The quantitative estimate of drug-likeness (QED) is 0.721. The Morgan fingerprint density at radius 2 is 1.95 bits per heavy atom. The van der Waals surface area contributed by atoms with Crippen LogP contribution in [-0.2, 0) is 9.59 Å². The van der Waals surface area contributed by atoms with E-state index in [1.807, 2.05) is 6.07 Å². The largest absolute Gasteiger partial charge is 0.480 e. The van der Waals surface area contributed by atoms with E-state index < -0.39 is 30.9 Å². The second-order valence-electron chi connectivity index (χ2n) is 4.30. The van der Waals surface area contributed by atoms with Crippen LogP contribution < -0.4 is 5.73 Å². The molecular formula is C13H13N3O4. The van der Waals surface area contributed by atoms with Gasteiger partial charge in [0.25, 0.3) is 5.91 Å². The van der Waals surface area contributed by atoms with Crippen LogP contribution in [0.4, 0.5) is 0 Å². The van der Waals surface area contributed by atoms with Crippen molar-refractivity contribution in [1.29, 1.82) is 0 Å². The maximum Gasteiger partial charge on any atom is 0.323 e. The number of nitrogens with two attached hydrogens (primary N) is 1. The highest BCUT2D eigenvalue weighted by molar-refractivity contribution is 6.00. The van der Waals surface area contributed by atoms with Crippen LogP contribution in [0.2, 0.25) is 0 Å². The smallest absolute Gasteiger partial charge is 0.323 e. The zero-order chi connectivity index (χ0) is 14.7. The van der Waals surface area contributed by atoms with Crippen LogP contribution in [0.3, 0.4) is 0 Å². The number of aliphatic carboxylic acids is 1.